The molecule has 0 spiro atoms. The Kier molecular flexibility index (Phi) is 2.93. The average molecular weight is 245 g/mol. The SMILES string of the molecule is CCNCC1(Cc2csc3ccccc23)CC1. The van der Waals surface area contributed by atoms with Crippen LogP contribution in [0.25, 0.3) is 10.1 Å². The summed E-state index contributed by atoms with van der Waals surface area (Å²) in [5.41, 5.74) is 2.13. The third-order valence-corrected chi connectivity index (χ3v) is 4.85. The average Bonchev–Trinajstić information content (AvgIpc) is 3.01. The Hall–Kier alpha value is -0.860. The van der Waals surface area contributed by atoms with Gasteiger partial charge in [0.1, 0.15) is 0 Å². The van der Waals surface area contributed by atoms with Crippen LogP contribution in [0.4, 0.5) is 0 Å². The fourth-order valence-electron chi connectivity index (χ4n) is 2.56. The van der Waals surface area contributed by atoms with Crippen molar-refractivity contribution in [2.75, 3.05) is 13.1 Å². The first-order valence-corrected chi connectivity index (χ1v) is 7.37. The van der Waals surface area contributed by atoms with Crippen molar-refractivity contribution in [2.24, 2.45) is 5.41 Å². The minimum Gasteiger partial charge on any atom is -0.316 e. The van der Waals surface area contributed by atoms with Gasteiger partial charge in [-0.25, -0.2) is 0 Å². The van der Waals surface area contributed by atoms with E-state index >= 15 is 0 Å². The highest BCUT2D eigenvalue weighted by Gasteiger charge is 2.42. The smallest absolute Gasteiger partial charge is 0.0345 e. The van der Waals surface area contributed by atoms with Gasteiger partial charge < -0.3 is 5.32 Å². The van der Waals surface area contributed by atoms with Crippen molar-refractivity contribution in [2.45, 2.75) is 26.2 Å². The van der Waals surface area contributed by atoms with Gasteiger partial charge in [0.25, 0.3) is 0 Å². The van der Waals surface area contributed by atoms with Crippen LogP contribution in [-0.4, -0.2) is 13.1 Å². The third kappa shape index (κ3) is 2.24. The maximum absolute atomic E-state index is 3.51. The molecule has 3 rings (SSSR count). The molecule has 2 heteroatoms. The quantitative estimate of drug-likeness (QED) is 0.844. The zero-order valence-electron chi connectivity index (χ0n) is 10.3. The number of hydrogen-bond acceptors (Lipinski definition) is 2. The highest BCUT2D eigenvalue weighted by atomic mass is 32.1. The van der Waals surface area contributed by atoms with Crippen LogP contribution in [0.5, 0.6) is 0 Å². The number of nitrogens with one attached hydrogen (secondary N) is 1. The molecule has 1 aromatic heterocycles. The summed E-state index contributed by atoms with van der Waals surface area (Å²) >= 11 is 1.89. The van der Waals surface area contributed by atoms with Crippen LogP contribution in [0.15, 0.2) is 29.6 Å². The molecule has 0 saturated heterocycles. The predicted octanol–water partition coefficient (Wildman–Crippen LogP) is 3.83. The zero-order valence-corrected chi connectivity index (χ0v) is 11.1. The Labute approximate surface area is 107 Å². The Balaban J connectivity index is 1.81. The summed E-state index contributed by atoms with van der Waals surface area (Å²) < 4.78 is 1.43. The van der Waals surface area contributed by atoms with E-state index in [2.05, 4.69) is 41.9 Å². The van der Waals surface area contributed by atoms with Crippen molar-refractivity contribution in [3.63, 3.8) is 0 Å². The second kappa shape index (κ2) is 4.43. The molecule has 0 bridgehead atoms. The number of thiophene rings is 1. The highest BCUT2D eigenvalue weighted by molar-refractivity contribution is 7.17. The Morgan fingerprint density at radius 2 is 2.12 bits per heavy atom. The molecule has 1 aliphatic rings. The lowest BCUT2D eigenvalue weighted by Gasteiger charge is -2.14. The minimum absolute atomic E-state index is 0.569. The molecule has 1 nitrogen and oxygen atoms in total. The first-order valence-electron chi connectivity index (χ1n) is 6.49. The van der Waals surface area contributed by atoms with Gasteiger partial charge in [-0.2, -0.15) is 0 Å². The summed E-state index contributed by atoms with van der Waals surface area (Å²) in [7, 11) is 0. The van der Waals surface area contributed by atoms with Gasteiger partial charge in [0.2, 0.25) is 0 Å². The van der Waals surface area contributed by atoms with Crippen molar-refractivity contribution >= 4 is 21.4 Å². The van der Waals surface area contributed by atoms with Crippen molar-refractivity contribution in [1.82, 2.24) is 5.32 Å². The molecule has 0 radical (unpaired) electrons. The maximum Gasteiger partial charge on any atom is 0.0345 e. The van der Waals surface area contributed by atoms with Gasteiger partial charge in [-0.1, -0.05) is 25.1 Å². The lowest BCUT2D eigenvalue weighted by Crippen LogP contribution is -2.25. The van der Waals surface area contributed by atoms with E-state index in [1.807, 2.05) is 11.3 Å². The highest BCUT2D eigenvalue weighted by Crippen LogP contribution is 2.49. The first kappa shape index (κ1) is 11.2. The zero-order chi connectivity index (χ0) is 11.7. The number of fused-ring (bicyclic) bond motifs is 1. The standard InChI is InChI=1S/C15H19NS/c1-2-16-11-15(7-8-15)9-12-10-17-14-6-4-3-5-13(12)14/h3-6,10,16H,2,7-9,11H2,1H3. The van der Waals surface area contributed by atoms with E-state index in [1.165, 1.54) is 35.9 Å². The fraction of sp³-hybridized carbons (Fsp3) is 0.467. The summed E-state index contributed by atoms with van der Waals surface area (Å²) in [6.45, 7) is 4.47. The molecule has 17 heavy (non-hydrogen) atoms. The van der Waals surface area contributed by atoms with E-state index in [9.17, 15) is 0 Å². The fourth-order valence-corrected chi connectivity index (χ4v) is 3.52. The van der Waals surface area contributed by atoms with E-state index in [4.69, 9.17) is 0 Å². The molecule has 0 aliphatic heterocycles. The van der Waals surface area contributed by atoms with Crippen LogP contribution >= 0.6 is 11.3 Å². The van der Waals surface area contributed by atoms with Crippen LogP contribution < -0.4 is 5.32 Å². The topological polar surface area (TPSA) is 12.0 Å². The molecule has 1 saturated carbocycles. The number of hydrogen-bond donors (Lipinski definition) is 1. The minimum atomic E-state index is 0.569. The molecule has 1 aromatic carbocycles. The van der Waals surface area contributed by atoms with E-state index < -0.39 is 0 Å². The summed E-state index contributed by atoms with van der Waals surface area (Å²) in [5, 5.41) is 7.35. The Morgan fingerprint density at radius 3 is 2.88 bits per heavy atom. The van der Waals surface area contributed by atoms with Crippen molar-refractivity contribution in [1.29, 1.82) is 0 Å². The summed E-state index contributed by atoms with van der Waals surface area (Å²) in [6, 6.07) is 8.79. The molecule has 2 aromatic rings. The maximum atomic E-state index is 3.51. The monoisotopic (exact) mass is 245 g/mol. The summed E-state index contributed by atoms with van der Waals surface area (Å²) in [5.74, 6) is 0. The lowest BCUT2D eigenvalue weighted by atomic mass is 9.96. The molecule has 0 atom stereocenters. The lowest BCUT2D eigenvalue weighted by molar-refractivity contribution is 0.464. The largest absolute Gasteiger partial charge is 0.316 e. The number of benzene rings is 1. The second-order valence-corrected chi connectivity index (χ2v) is 6.13. The van der Waals surface area contributed by atoms with Crippen molar-refractivity contribution < 1.29 is 0 Å². The molecule has 0 unspecified atom stereocenters. The van der Waals surface area contributed by atoms with Gasteiger partial charge in [0.15, 0.2) is 0 Å². The Bertz CT molecular complexity index is 510. The summed E-state index contributed by atoms with van der Waals surface area (Å²) in [6.07, 6.45) is 4.04. The van der Waals surface area contributed by atoms with Crippen LogP contribution in [0.3, 0.4) is 0 Å². The second-order valence-electron chi connectivity index (χ2n) is 5.21. The van der Waals surface area contributed by atoms with E-state index in [0.717, 1.165) is 6.54 Å². The van der Waals surface area contributed by atoms with Gasteiger partial charge >= 0.3 is 0 Å². The van der Waals surface area contributed by atoms with Gasteiger partial charge in [-0.05, 0) is 53.6 Å². The molecular weight excluding hydrogens is 226 g/mol. The molecule has 1 N–H and O–H groups in total. The van der Waals surface area contributed by atoms with Crippen LogP contribution in [0, 0.1) is 5.41 Å². The van der Waals surface area contributed by atoms with Crippen LogP contribution in [-0.2, 0) is 6.42 Å². The number of rotatable bonds is 5. The molecular formula is C15H19NS. The molecule has 1 aliphatic carbocycles. The first-order chi connectivity index (χ1) is 8.33. The van der Waals surface area contributed by atoms with Crippen LogP contribution in [0.1, 0.15) is 25.3 Å². The van der Waals surface area contributed by atoms with Gasteiger partial charge in [-0.15, -0.1) is 11.3 Å². The normalized spacial score (nSPS) is 17.5. The van der Waals surface area contributed by atoms with Gasteiger partial charge in [0.05, 0.1) is 0 Å². The third-order valence-electron chi connectivity index (χ3n) is 3.83. The summed E-state index contributed by atoms with van der Waals surface area (Å²) in [4.78, 5) is 0. The molecule has 90 valence electrons. The van der Waals surface area contributed by atoms with E-state index in [1.54, 1.807) is 5.56 Å². The molecule has 1 heterocycles. The molecule has 0 amide bonds. The van der Waals surface area contributed by atoms with Gasteiger partial charge in [0, 0.05) is 11.2 Å². The van der Waals surface area contributed by atoms with Crippen LogP contribution in [0.2, 0.25) is 0 Å². The van der Waals surface area contributed by atoms with E-state index in [-0.39, 0.29) is 0 Å². The Morgan fingerprint density at radius 1 is 1.29 bits per heavy atom. The van der Waals surface area contributed by atoms with Crippen molar-refractivity contribution in [3.8, 4) is 0 Å². The predicted molar refractivity (Wildman–Crippen MR) is 75.7 cm³/mol. The van der Waals surface area contributed by atoms with Crippen molar-refractivity contribution in [3.05, 3.63) is 35.2 Å². The van der Waals surface area contributed by atoms with Gasteiger partial charge in [-0.3, -0.25) is 0 Å². The van der Waals surface area contributed by atoms with E-state index in [0.29, 0.717) is 5.41 Å². The molecule has 1 fully saturated rings.